The van der Waals surface area contributed by atoms with Gasteiger partial charge in [-0.25, -0.2) is 9.97 Å². The molecule has 0 unspecified atom stereocenters. The fraction of sp³-hybridized carbons (Fsp3) is 0. The maximum Gasteiger partial charge on any atom is 0.161 e. The Balaban J connectivity index is 2.12. The van der Waals surface area contributed by atoms with E-state index in [-0.39, 0.29) is 0 Å². The van der Waals surface area contributed by atoms with E-state index in [1.54, 1.807) is 30.9 Å². The first kappa shape index (κ1) is 11.7. The highest BCUT2D eigenvalue weighted by molar-refractivity contribution is 6.29. The van der Waals surface area contributed by atoms with Crippen LogP contribution < -0.4 is 0 Å². The van der Waals surface area contributed by atoms with Crippen LogP contribution in [0.5, 0.6) is 0 Å². The standard InChI is InChI=1S/C14H9ClN4/c15-13-8-12(11-2-1-5-17-9-11)18-14(19-13)10-3-6-16-7-4-10/h1-9H. The molecule has 3 rings (SSSR count). The molecule has 3 heterocycles. The smallest absolute Gasteiger partial charge is 0.161 e. The van der Waals surface area contributed by atoms with Gasteiger partial charge in [-0.3, -0.25) is 9.97 Å². The number of rotatable bonds is 2. The van der Waals surface area contributed by atoms with E-state index in [2.05, 4.69) is 19.9 Å². The van der Waals surface area contributed by atoms with Crippen molar-refractivity contribution in [2.75, 3.05) is 0 Å². The second-order valence-corrected chi connectivity index (χ2v) is 4.26. The topological polar surface area (TPSA) is 51.6 Å². The van der Waals surface area contributed by atoms with Crippen LogP contribution in [0.25, 0.3) is 22.6 Å². The third-order valence-corrected chi connectivity index (χ3v) is 2.78. The summed E-state index contributed by atoms with van der Waals surface area (Å²) < 4.78 is 0. The van der Waals surface area contributed by atoms with Crippen LogP contribution in [0.3, 0.4) is 0 Å². The van der Waals surface area contributed by atoms with Gasteiger partial charge in [-0.15, -0.1) is 0 Å². The lowest BCUT2D eigenvalue weighted by Crippen LogP contribution is -1.93. The molecule has 0 spiro atoms. The molecule has 0 saturated heterocycles. The molecule has 5 heteroatoms. The summed E-state index contributed by atoms with van der Waals surface area (Å²) in [4.78, 5) is 16.8. The predicted octanol–water partition coefficient (Wildman–Crippen LogP) is 3.25. The van der Waals surface area contributed by atoms with Gasteiger partial charge in [-0.1, -0.05) is 11.6 Å². The summed E-state index contributed by atoms with van der Waals surface area (Å²) in [5, 5.41) is 0.403. The maximum absolute atomic E-state index is 6.06. The highest BCUT2D eigenvalue weighted by Gasteiger charge is 2.07. The predicted molar refractivity (Wildman–Crippen MR) is 73.5 cm³/mol. The summed E-state index contributed by atoms with van der Waals surface area (Å²) in [6.45, 7) is 0. The van der Waals surface area contributed by atoms with Gasteiger partial charge in [0, 0.05) is 42.0 Å². The summed E-state index contributed by atoms with van der Waals surface area (Å²) in [6, 6.07) is 9.21. The Morgan fingerprint density at radius 1 is 0.842 bits per heavy atom. The fourth-order valence-electron chi connectivity index (χ4n) is 1.71. The average Bonchev–Trinajstić information content (AvgIpc) is 2.48. The first-order valence-electron chi connectivity index (χ1n) is 5.68. The largest absolute Gasteiger partial charge is 0.265 e. The monoisotopic (exact) mass is 268 g/mol. The van der Waals surface area contributed by atoms with Crippen LogP contribution >= 0.6 is 11.6 Å². The zero-order chi connectivity index (χ0) is 13.1. The molecular weight excluding hydrogens is 260 g/mol. The molecule has 0 aliphatic carbocycles. The van der Waals surface area contributed by atoms with E-state index in [0.717, 1.165) is 16.8 Å². The van der Waals surface area contributed by atoms with E-state index in [1.807, 2.05) is 24.3 Å². The minimum absolute atomic E-state index is 0.403. The third kappa shape index (κ3) is 2.58. The van der Waals surface area contributed by atoms with Crippen LogP contribution in [0.15, 0.2) is 55.1 Å². The van der Waals surface area contributed by atoms with E-state index >= 15 is 0 Å². The highest BCUT2D eigenvalue weighted by Crippen LogP contribution is 2.23. The Labute approximate surface area is 115 Å². The molecule has 4 nitrogen and oxygen atoms in total. The molecule has 3 aromatic rings. The molecule has 0 aliphatic rings. The van der Waals surface area contributed by atoms with Crippen LogP contribution in [0.2, 0.25) is 5.15 Å². The van der Waals surface area contributed by atoms with Crippen LogP contribution in [0.4, 0.5) is 0 Å². The van der Waals surface area contributed by atoms with Crippen molar-refractivity contribution in [1.82, 2.24) is 19.9 Å². The molecular formula is C14H9ClN4. The van der Waals surface area contributed by atoms with Crippen molar-refractivity contribution in [2.45, 2.75) is 0 Å². The van der Waals surface area contributed by atoms with Crippen molar-refractivity contribution in [3.63, 3.8) is 0 Å². The molecule has 19 heavy (non-hydrogen) atoms. The molecule has 0 amide bonds. The zero-order valence-corrected chi connectivity index (χ0v) is 10.6. The van der Waals surface area contributed by atoms with E-state index in [4.69, 9.17) is 11.6 Å². The van der Waals surface area contributed by atoms with Gasteiger partial charge in [-0.2, -0.15) is 0 Å². The number of hydrogen-bond donors (Lipinski definition) is 0. The molecule has 0 bridgehead atoms. The molecule has 0 saturated carbocycles. The maximum atomic E-state index is 6.06. The van der Waals surface area contributed by atoms with Gasteiger partial charge in [0.05, 0.1) is 5.69 Å². The number of aromatic nitrogens is 4. The van der Waals surface area contributed by atoms with Gasteiger partial charge in [0.1, 0.15) is 5.15 Å². The third-order valence-electron chi connectivity index (χ3n) is 2.59. The summed E-state index contributed by atoms with van der Waals surface area (Å²) in [6.07, 6.45) is 6.86. The number of hydrogen-bond acceptors (Lipinski definition) is 4. The van der Waals surface area contributed by atoms with Crippen LogP contribution in [-0.2, 0) is 0 Å². The molecule has 92 valence electrons. The van der Waals surface area contributed by atoms with Crippen molar-refractivity contribution in [2.24, 2.45) is 0 Å². The second kappa shape index (κ2) is 5.12. The van der Waals surface area contributed by atoms with Crippen molar-refractivity contribution >= 4 is 11.6 Å². The van der Waals surface area contributed by atoms with E-state index in [1.165, 1.54) is 0 Å². The molecule has 3 aromatic heterocycles. The van der Waals surface area contributed by atoms with E-state index < -0.39 is 0 Å². The van der Waals surface area contributed by atoms with Gasteiger partial charge < -0.3 is 0 Å². The minimum atomic E-state index is 0.403. The van der Waals surface area contributed by atoms with Gasteiger partial charge in [0.25, 0.3) is 0 Å². The van der Waals surface area contributed by atoms with Gasteiger partial charge in [0.2, 0.25) is 0 Å². The van der Waals surface area contributed by atoms with Crippen molar-refractivity contribution in [3.05, 3.63) is 60.3 Å². The van der Waals surface area contributed by atoms with Crippen molar-refractivity contribution < 1.29 is 0 Å². The van der Waals surface area contributed by atoms with Crippen LogP contribution in [0.1, 0.15) is 0 Å². The fourth-order valence-corrected chi connectivity index (χ4v) is 1.89. The lowest BCUT2D eigenvalue weighted by atomic mass is 10.2. The minimum Gasteiger partial charge on any atom is -0.265 e. The lowest BCUT2D eigenvalue weighted by Gasteiger charge is -2.04. The molecule has 0 fully saturated rings. The Hall–Kier alpha value is -2.33. The van der Waals surface area contributed by atoms with Gasteiger partial charge in [0.15, 0.2) is 5.82 Å². The van der Waals surface area contributed by atoms with Crippen LogP contribution in [-0.4, -0.2) is 19.9 Å². The quantitative estimate of drug-likeness (QED) is 0.670. The normalized spacial score (nSPS) is 10.4. The Bertz CT molecular complexity index is 629. The Morgan fingerprint density at radius 2 is 1.68 bits per heavy atom. The van der Waals surface area contributed by atoms with Crippen molar-refractivity contribution in [1.29, 1.82) is 0 Å². The number of nitrogens with zero attached hydrogens (tertiary/aromatic N) is 4. The number of halogens is 1. The second-order valence-electron chi connectivity index (χ2n) is 3.88. The first-order chi connectivity index (χ1) is 9.33. The first-order valence-corrected chi connectivity index (χ1v) is 6.06. The van der Waals surface area contributed by atoms with Gasteiger partial charge in [-0.05, 0) is 24.3 Å². The molecule has 0 radical (unpaired) electrons. The number of pyridine rings is 2. The molecule has 0 aliphatic heterocycles. The Kier molecular flexibility index (Phi) is 3.16. The molecule has 0 N–H and O–H groups in total. The average molecular weight is 269 g/mol. The summed E-state index contributed by atoms with van der Waals surface area (Å²) >= 11 is 6.06. The summed E-state index contributed by atoms with van der Waals surface area (Å²) in [5.74, 6) is 0.578. The van der Waals surface area contributed by atoms with Gasteiger partial charge >= 0.3 is 0 Å². The van der Waals surface area contributed by atoms with E-state index in [9.17, 15) is 0 Å². The molecule has 0 aromatic carbocycles. The van der Waals surface area contributed by atoms with Crippen LogP contribution in [0, 0.1) is 0 Å². The SMILES string of the molecule is Clc1cc(-c2cccnc2)nc(-c2ccncc2)n1. The Morgan fingerprint density at radius 3 is 2.42 bits per heavy atom. The highest BCUT2D eigenvalue weighted by atomic mass is 35.5. The van der Waals surface area contributed by atoms with Crippen molar-refractivity contribution in [3.8, 4) is 22.6 Å². The zero-order valence-electron chi connectivity index (χ0n) is 9.86. The lowest BCUT2D eigenvalue weighted by molar-refractivity contribution is 1.17. The van der Waals surface area contributed by atoms with E-state index in [0.29, 0.717) is 11.0 Å². The summed E-state index contributed by atoms with van der Waals surface area (Å²) in [5.41, 5.74) is 2.53. The summed E-state index contributed by atoms with van der Waals surface area (Å²) in [7, 11) is 0. The molecule has 0 atom stereocenters.